The van der Waals surface area contributed by atoms with Crippen molar-refractivity contribution in [1.82, 2.24) is 9.80 Å². The minimum atomic E-state index is 0.0857. The van der Waals surface area contributed by atoms with Gasteiger partial charge in [-0.2, -0.15) is 0 Å². The van der Waals surface area contributed by atoms with E-state index in [9.17, 15) is 4.79 Å². The molecule has 3 rings (SSSR count). The quantitative estimate of drug-likeness (QED) is 0.788. The Morgan fingerprint density at radius 2 is 1.61 bits per heavy atom. The minimum Gasteiger partial charge on any atom is -0.399 e. The number of carbonyl (C=O) groups excluding carboxylic acids is 1. The number of hydrogen-bond acceptors (Lipinski definition) is 4. The summed E-state index contributed by atoms with van der Waals surface area (Å²) < 4.78 is 0. The molecule has 1 aromatic carbocycles. The molecule has 1 amide bonds. The van der Waals surface area contributed by atoms with Crippen LogP contribution in [0.15, 0.2) is 24.3 Å². The number of rotatable bonds is 5. The highest BCUT2D eigenvalue weighted by atomic mass is 16.2. The minimum absolute atomic E-state index is 0.0857. The first-order valence-corrected chi connectivity index (χ1v) is 10.9. The topological polar surface area (TPSA) is 52.8 Å². The summed E-state index contributed by atoms with van der Waals surface area (Å²) in [6.07, 6.45) is 4.27. The summed E-state index contributed by atoms with van der Waals surface area (Å²) in [6.45, 7) is 14.0. The summed E-state index contributed by atoms with van der Waals surface area (Å²) in [5, 5.41) is 0. The Morgan fingerprint density at radius 3 is 2.18 bits per heavy atom. The van der Waals surface area contributed by atoms with Crippen LogP contribution in [0.25, 0.3) is 0 Å². The number of nitrogens with zero attached hydrogens (tertiary/aromatic N) is 3. The molecule has 0 aliphatic carbocycles. The first-order valence-electron chi connectivity index (χ1n) is 10.9. The highest BCUT2D eigenvalue weighted by Crippen LogP contribution is 2.25. The lowest BCUT2D eigenvalue weighted by molar-refractivity contribution is -0.134. The molecule has 5 nitrogen and oxygen atoms in total. The van der Waals surface area contributed by atoms with E-state index in [1.165, 1.54) is 31.5 Å². The average molecular weight is 387 g/mol. The summed E-state index contributed by atoms with van der Waals surface area (Å²) >= 11 is 0. The Kier molecular flexibility index (Phi) is 6.86. The molecule has 0 bridgehead atoms. The Morgan fingerprint density at radius 1 is 1.00 bits per heavy atom. The number of benzene rings is 1. The fourth-order valence-electron chi connectivity index (χ4n) is 4.32. The third-order valence-electron chi connectivity index (χ3n) is 6.13. The van der Waals surface area contributed by atoms with Gasteiger partial charge in [-0.15, -0.1) is 0 Å². The summed E-state index contributed by atoms with van der Waals surface area (Å²) in [5.41, 5.74) is 7.98. The van der Waals surface area contributed by atoms with E-state index in [4.69, 9.17) is 5.73 Å². The normalized spacial score (nSPS) is 19.8. The van der Waals surface area contributed by atoms with Gasteiger partial charge >= 0.3 is 0 Å². The van der Waals surface area contributed by atoms with Crippen LogP contribution in [0.2, 0.25) is 0 Å². The molecule has 2 N–H and O–H groups in total. The van der Waals surface area contributed by atoms with Gasteiger partial charge in [0.1, 0.15) is 0 Å². The van der Waals surface area contributed by atoms with Crippen molar-refractivity contribution < 1.29 is 4.79 Å². The number of amides is 1. The lowest BCUT2D eigenvalue weighted by Crippen LogP contribution is -2.47. The van der Waals surface area contributed by atoms with E-state index in [1.54, 1.807) is 0 Å². The molecule has 156 valence electrons. The Labute approximate surface area is 170 Å². The molecule has 2 aliphatic heterocycles. The van der Waals surface area contributed by atoms with Crippen LogP contribution < -0.4 is 10.6 Å². The monoisotopic (exact) mass is 386 g/mol. The Hall–Kier alpha value is -1.75. The van der Waals surface area contributed by atoms with E-state index in [1.807, 2.05) is 12.1 Å². The molecule has 1 aromatic rings. The zero-order valence-corrected chi connectivity index (χ0v) is 18.0. The molecule has 2 aliphatic rings. The number of piperidine rings is 1. The number of anilines is 2. The zero-order chi connectivity index (χ0) is 20.1. The fourth-order valence-corrected chi connectivity index (χ4v) is 4.32. The van der Waals surface area contributed by atoms with Crippen LogP contribution in [0, 0.1) is 11.3 Å². The molecule has 0 saturated carbocycles. The van der Waals surface area contributed by atoms with Crippen molar-refractivity contribution in [3.8, 4) is 0 Å². The molecule has 0 atom stereocenters. The van der Waals surface area contributed by atoms with Crippen LogP contribution in [0.3, 0.4) is 0 Å². The number of piperazine rings is 1. The summed E-state index contributed by atoms with van der Waals surface area (Å²) in [6, 6.07) is 8.22. The fraction of sp³-hybridized carbons (Fsp3) is 0.696. The second-order valence-electron chi connectivity index (χ2n) is 9.77. The third kappa shape index (κ3) is 6.13. The molecule has 0 unspecified atom stereocenters. The molecule has 0 aromatic heterocycles. The summed E-state index contributed by atoms with van der Waals surface area (Å²) in [4.78, 5) is 19.5. The standard InChI is InChI=1S/C23H38N4O/c1-23(2,3)18-22(28)27-12-9-19(10-13-27)8-11-25-14-16-26(17-15-25)21-6-4-20(24)5-7-21/h4-7,19H,8-18,24H2,1-3H3. The molecular weight excluding hydrogens is 348 g/mol. The van der Waals surface area contributed by atoms with Crippen molar-refractivity contribution in [3.63, 3.8) is 0 Å². The highest BCUT2D eigenvalue weighted by Gasteiger charge is 2.26. The molecule has 5 heteroatoms. The average Bonchev–Trinajstić information content (AvgIpc) is 2.66. The predicted molar refractivity (Wildman–Crippen MR) is 118 cm³/mol. The van der Waals surface area contributed by atoms with Crippen LogP contribution in [0.1, 0.15) is 46.5 Å². The SMILES string of the molecule is CC(C)(C)CC(=O)N1CCC(CCN2CCN(c3ccc(N)cc3)CC2)CC1. The van der Waals surface area contributed by atoms with E-state index >= 15 is 0 Å². The number of nitrogens with two attached hydrogens (primary N) is 1. The molecule has 2 fully saturated rings. The third-order valence-corrected chi connectivity index (χ3v) is 6.13. The number of carbonyl (C=O) groups is 1. The van der Waals surface area contributed by atoms with Crippen LogP contribution in [-0.4, -0.2) is 61.5 Å². The van der Waals surface area contributed by atoms with E-state index in [0.29, 0.717) is 12.3 Å². The lowest BCUT2D eigenvalue weighted by Gasteiger charge is -2.38. The van der Waals surface area contributed by atoms with Gasteiger partial charge in [0, 0.05) is 57.1 Å². The maximum Gasteiger partial charge on any atom is 0.223 e. The summed E-state index contributed by atoms with van der Waals surface area (Å²) in [7, 11) is 0. The molecule has 2 heterocycles. The van der Waals surface area contributed by atoms with Gasteiger partial charge in [0.25, 0.3) is 0 Å². The van der Waals surface area contributed by atoms with Crippen molar-refractivity contribution in [3.05, 3.63) is 24.3 Å². The zero-order valence-electron chi connectivity index (χ0n) is 18.0. The van der Waals surface area contributed by atoms with Crippen LogP contribution in [0.4, 0.5) is 11.4 Å². The molecule has 28 heavy (non-hydrogen) atoms. The highest BCUT2D eigenvalue weighted by molar-refractivity contribution is 5.76. The maximum absolute atomic E-state index is 12.4. The molecule has 2 saturated heterocycles. The molecule has 0 radical (unpaired) electrons. The van der Waals surface area contributed by atoms with E-state index in [0.717, 1.165) is 50.9 Å². The predicted octanol–water partition coefficient (Wildman–Crippen LogP) is 3.46. The van der Waals surface area contributed by atoms with Gasteiger partial charge in [0.2, 0.25) is 5.91 Å². The van der Waals surface area contributed by atoms with Crippen molar-refractivity contribution in [2.45, 2.75) is 46.5 Å². The van der Waals surface area contributed by atoms with Crippen LogP contribution in [-0.2, 0) is 4.79 Å². The van der Waals surface area contributed by atoms with Gasteiger partial charge < -0.3 is 15.5 Å². The number of likely N-dealkylation sites (tertiary alicyclic amines) is 1. The van der Waals surface area contributed by atoms with Crippen molar-refractivity contribution >= 4 is 17.3 Å². The first-order chi connectivity index (χ1) is 13.3. The Balaban J connectivity index is 1.34. The van der Waals surface area contributed by atoms with Gasteiger partial charge in [-0.25, -0.2) is 0 Å². The summed E-state index contributed by atoms with van der Waals surface area (Å²) in [5.74, 6) is 1.11. The second kappa shape index (κ2) is 9.17. The van der Waals surface area contributed by atoms with E-state index in [-0.39, 0.29) is 5.41 Å². The van der Waals surface area contributed by atoms with Gasteiger partial charge in [-0.3, -0.25) is 9.69 Å². The lowest BCUT2D eigenvalue weighted by atomic mass is 9.89. The largest absolute Gasteiger partial charge is 0.399 e. The molecule has 0 spiro atoms. The van der Waals surface area contributed by atoms with Crippen molar-refractivity contribution in [2.24, 2.45) is 11.3 Å². The number of nitrogen functional groups attached to an aromatic ring is 1. The van der Waals surface area contributed by atoms with Gasteiger partial charge in [-0.1, -0.05) is 20.8 Å². The van der Waals surface area contributed by atoms with Gasteiger partial charge in [0.05, 0.1) is 0 Å². The van der Waals surface area contributed by atoms with Crippen molar-refractivity contribution in [1.29, 1.82) is 0 Å². The van der Waals surface area contributed by atoms with E-state index in [2.05, 4.69) is 47.6 Å². The van der Waals surface area contributed by atoms with E-state index < -0.39 is 0 Å². The number of hydrogen-bond donors (Lipinski definition) is 1. The van der Waals surface area contributed by atoms with Crippen LogP contribution >= 0.6 is 0 Å². The second-order valence-corrected chi connectivity index (χ2v) is 9.77. The Bertz CT molecular complexity index is 621. The smallest absolute Gasteiger partial charge is 0.223 e. The molecular formula is C23H38N4O. The van der Waals surface area contributed by atoms with Gasteiger partial charge in [0.15, 0.2) is 0 Å². The van der Waals surface area contributed by atoms with Gasteiger partial charge in [-0.05, 0) is 61.4 Å². The van der Waals surface area contributed by atoms with Crippen LogP contribution in [0.5, 0.6) is 0 Å². The maximum atomic E-state index is 12.4. The van der Waals surface area contributed by atoms with Crippen molar-refractivity contribution in [2.75, 3.05) is 56.4 Å². The first kappa shape index (κ1) is 21.0.